The first-order valence-electron chi connectivity index (χ1n) is 10.1. The number of carbonyl (C=O) groups is 1. The van der Waals surface area contributed by atoms with Gasteiger partial charge in [-0.1, -0.05) is 12.1 Å². The highest BCUT2D eigenvalue weighted by Gasteiger charge is 2.45. The zero-order chi connectivity index (χ0) is 21.6. The van der Waals surface area contributed by atoms with E-state index in [1.54, 1.807) is 17.0 Å². The van der Waals surface area contributed by atoms with Gasteiger partial charge in [0.15, 0.2) is 17.1 Å². The highest BCUT2D eigenvalue weighted by molar-refractivity contribution is 5.95. The number of amides is 1. The third-order valence-corrected chi connectivity index (χ3v) is 6.16. The molecule has 0 saturated carbocycles. The second-order valence-electron chi connectivity index (χ2n) is 7.79. The molecule has 0 bridgehead atoms. The van der Waals surface area contributed by atoms with Crippen LogP contribution in [0.15, 0.2) is 54.6 Å². The molecule has 0 aliphatic carbocycles. The second-order valence-corrected chi connectivity index (χ2v) is 7.79. The number of nitrogens with zero attached hydrogens (tertiary/aromatic N) is 3. The Kier molecular flexibility index (Phi) is 4.36. The summed E-state index contributed by atoms with van der Waals surface area (Å²) < 4.78 is 13.6. The van der Waals surface area contributed by atoms with E-state index in [-0.39, 0.29) is 18.8 Å². The molecule has 1 amide bonds. The Morgan fingerprint density at radius 1 is 1.19 bits per heavy atom. The number of nitriles is 1. The second kappa shape index (κ2) is 7.10. The predicted octanol–water partition coefficient (Wildman–Crippen LogP) is 3.83. The van der Waals surface area contributed by atoms with Crippen LogP contribution < -0.4 is 9.47 Å². The van der Waals surface area contributed by atoms with Crippen molar-refractivity contribution in [1.82, 2.24) is 9.47 Å². The minimum absolute atomic E-state index is 0. The molecule has 7 heteroatoms. The van der Waals surface area contributed by atoms with Crippen molar-refractivity contribution in [3.8, 4) is 29.0 Å². The van der Waals surface area contributed by atoms with E-state index in [1.165, 1.54) is 13.2 Å². The first kappa shape index (κ1) is 19.1. The summed E-state index contributed by atoms with van der Waals surface area (Å²) in [6.45, 7) is 1.02. The molecule has 7 nitrogen and oxygen atoms in total. The number of fused-ring (bicyclic) bond motifs is 4. The lowest BCUT2D eigenvalue weighted by Gasteiger charge is -2.45. The average molecular weight is 417 g/mol. The number of benzene rings is 2. The van der Waals surface area contributed by atoms with E-state index < -0.39 is 5.60 Å². The summed E-state index contributed by atoms with van der Waals surface area (Å²) in [5.41, 5.74) is 2.25. The maximum absolute atomic E-state index is 13.0. The number of aromatic nitrogens is 1. The number of aromatic hydroxyl groups is 1. The molecule has 1 aromatic heterocycles. The first-order valence-corrected chi connectivity index (χ1v) is 10.1. The maximum atomic E-state index is 13.0. The topological polar surface area (TPSA) is 87.7 Å². The summed E-state index contributed by atoms with van der Waals surface area (Å²) in [5.74, 6) is 0.900. The van der Waals surface area contributed by atoms with Gasteiger partial charge in [0.05, 0.1) is 18.5 Å². The van der Waals surface area contributed by atoms with Crippen LogP contribution in [-0.2, 0) is 5.60 Å². The third-order valence-electron chi connectivity index (χ3n) is 6.16. The van der Waals surface area contributed by atoms with Gasteiger partial charge in [-0.25, -0.2) is 0 Å². The fourth-order valence-electron chi connectivity index (χ4n) is 4.55. The molecule has 0 atom stereocenters. The van der Waals surface area contributed by atoms with E-state index in [0.717, 1.165) is 17.1 Å². The normalized spacial score (nSPS) is 16.1. The fourth-order valence-corrected chi connectivity index (χ4v) is 4.55. The third kappa shape index (κ3) is 2.91. The highest BCUT2D eigenvalue weighted by Crippen LogP contribution is 2.46. The quantitative estimate of drug-likeness (QED) is 0.685. The van der Waals surface area contributed by atoms with Gasteiger partial charge in [0.2, 0.25) is 0 Å². The lowest BCUT2D eigenvalue weighted by molar-refractivity contribution is -0.00938. The van der Waals surface area contributed by atoms with Gasteiger partial charge in [-0.05, 0) is 42.5 Å². The molecular formula is C24H23N3O4. The lowest BCUT2D eigenvalue weighted by atomic mass is 9.86. The molecule has 1 saturated heterocycles. The number of piperidine rings is 1. The van der Waals surface area contributed by atoms with Crippen LogP contribution in [0, 0.1) is 11.3 Å². The molecule has 158 valence electrons. The molecule has 1 fully saturated rings. The van der Waals surface area contributed by atoms with Crippen LogP contribution in [-0.4, -0.2) is 40.7 Å². The van der Waals surface area contributed by atoms with Crippen molar-refractivity contribution < 1.29 is 20.8 Å². The van der Waals surface area contributed by atoms with E-state index >= 15 is 0 Å². The van der Waals surface area contributed by atoms with Gasteiger partial charge in [-0.2, -0.15) is 5.26 Å². The van der Waals surface area contributed by atoms with Crippen molar-refractivity contribution in [2.45, 2.75) is 18.4 Å². The van der Waals surface area contributed by atoms with Crippen LogP contribution >= 0.6 is 0 Å². The standard InChI is InChI=1S/C24H21N3O4.H2/c1-30-21-14-16(6-8-19(21)28)23(29)26-12-10-24(11-13-26)22-9-7-17(15-25)27(22)18-4-2-3-5-20(18)31-24;/h2-9,14,28H,10-13H2,1H3;1H. The van der Waals surface area contributed by atoms with E-state index in [0.29, 0.717) is 37.2 Å². The number of likely N-dealkylation sites (tertiary alicyclic amines) is 1. The molecule has 3 heterocycles. The van der Waals surface area contributed by atoms with E-state index in [2.05, 4.69) is 6.07 Å². The van der Waals surface area contributed by atoms with Crippen LogP contribution in [0.3, 0.4) is 0 Å². The number of methoxy groups -OCH3 is 1. The molecule has 2 aliphatic heterocycles. The zero-order valence-electron chi connectivity index (χ0n) is 17.0. The monoisotopic (exact) mass is 417 g/mol. The molecule has 2 aromatic carbocycles. The highest BCUT2D eigenvalue weighted by atomic mass is 16.5. The smallest absolute Gasteiger partial charge is 0.253 e. The Morgan fingerprint density at radius 3 is 2.71 bits per heavy atom. The minimum atomic E-state index is -0.590. The summed E-state index contributed by atoms with van der Waals surface area (Å²) in [6, 6.07) is 18.4. The van der Waals surface area contributed by atoms with Gasteiger partial charge < -0.3 is 19.5 Å². The van der Waals surface area contributed by atoms with Crippen LogP contribution in [0.5, 0.6) is 17.2 Å². The van der Waals surface area contributed by atoms with E-state index in [4.69, 9.17) is 9.47 Å². The summed E-state index contributed by atoms with van der Waals surface area (Å²) in [4.78, 5) is 14.8. The van der Waals surface area contributed by atoms with Crippen LogP contribution in [0.2, 0.25) is 0 Å². The SMILES string of the molecule is COc1cc(C(=O)N2CCC3(CC2)Oc2ccccc2-n2c(C#N)ccc23)ccc1O.[HH]. The largest absolute Gasteiger partial charge is 0.504 e. The van der Waals surface area contributed by atoms with Crippen molar-refractivity contribution in [3.05, 3.63) is 71.5 Å². The van der Waals surface area contributed by atoms with Gasteiger partial charge >= 0.3 is 0 Å². The number of phenolic OH excluding ortho intramolecular Hbond substituents is 1. The first-order chi connectivity index (χ1) is 15.1. The predicted molar refractivity (Wildman–Crippen MR) is 115 cm³/mol. The van der Waals surface area contributed by atoms with Crippen LogP contribution in [0.25, 0.3) is 5.69 Å². The summed E-state index contributed by atoms with van der Waals surface area (Å²) in [7, 11) is 1.46. The average Bonchev–Trinajstić information content (AvgIpc) is 3.25. The van der Waals surface area contributed by atoms with Crippen molar-refractivity contribution in [2.75, 3.05) is 20.2 Å². The number of ether oxygens (including phenoxy) is 2. The molecule has 0 radical (unpaired) electrons. The Bertz CT molecular complexity index is 1220. The van der Waals surface area contributed by atoms with Crippen LogP contribution in [0.1, 0.15) is 36.0 Å². The Hall–Kier alpha value is -3.92. The van der Waals surface area contributed by atoms with Crippen molar-refractivity contribution in [3.63, 3.8) is 0 Å². The van der Waals surface area contributed by atoms with Gasteiger partial charge in [0.25, 0.3) is 5.91 Å². The van der Waals surface area contributed by atoms with Crippen molar-refractivity contribution in [2.24, 2.45) is 0 Å². The number of hydrogen-bond acceptors (Lipinski definition) is 5. The molecule has 5 rings (SSSR count). The summed E-state index contributed by atoms with van der Waals surface area (Å²) in [6.07, 6.45) is 1.22. The zero-order valence-corrected chi connectivity index (χ0v) is 17.0. The number of rotatable bonds is 2. The number of phenols is 1. The van der Waals surface area contributed by atoms with Gasteiger partial charge in [0.1, 0.15) is 17.5 Å². The van der Waals surface area contributed by atoms with Crippen LogP contribution in [0.4, 0.5) is 0 Å². The summed E-state index contributed by atoms with van der Waals surface area (Å²) >= 11 is 0. The lowest BCUT2D eigenvalue weighted by Crippen LogP contribution is -2.50. The maximum Gasteiger partial charge on any atom is 0.253 e. The number of para-hydroxylation sites is 2. The van der Waals surface area contributed by atoms with Crippen molar-refractivity contribution >= 4 is 5.91 Å². The Balaban J connectivity index is 0.00000245. The van der Waals surface area contributed by atoms with Gasteiger partial charge in [-0.3, -0.25) is 9.36 Å². The Labute approximate surface area is 181 Å². The number of hydrogen-bond donors (Lipinski definition) is 1. The van der Waals surface area contributed by atoms with Gasteiger partial charge in [-0.15, -0.1) is 0 Å². The molecule has 1 N–H and O–H groups in total. The number of carbonyl (C=O) groups excluding carboxylic acids is 1. The molecule has 2 aliphatic rings. The summed E-state index contributed by atoms with van der Waals surface area (Å²) in [5, 5.41) is 19.4. The van der Waals surface area contributed by atoms with Gasteiger partial charge in [0, 0.05) is 32.9 Å². The molecule has 0 unspecified atom stereocenters. The molecule has 1 spiro atoms. The molecule has 3 aromatic rings. The minimum Gasteiger partial charge on any atom is -0.504 e. The van der Waals surface area contributed by atoms with Crippen molar-refractivity contribution in [1.29, 1.82) is 5.26 Å². The van der Waals surface area contributed by atoms with E-state index in [1.807, 2.05) is 41.0 Å². The Morgan fingerprint density at radius 2 is 1.97 bits per heavy atom. The fraction of sp³-hybridized carbons (Fsp3) is 0.250. The van der Waals surface area contributed by atoms with E-state index in [9.17, 15) is 15.2 Å². The molecule has 31 heavy (non-hydrogen) atoms. The molecular weight excluding hydrogens is 394 g/mol.